The van der Waals surface area contributed by atoms with E-state index in [0.717, 1.165) is 76.2 Å². The van der Waals surface area contributed by atoms with Crippen LogP contribution in [0.3, 0.4) is 0 Å². The molecule has 0 saturated carbocycles. The predicted molar refractivity (Wildman–Crippen MR) is 258 cm³/mol. The molecule has 0 amide bonds. The maximum atomic E-state index is 12.5. The van der Waals surface area contributed by atoms with Gasteiger partial charge in [0.15, 0.2) is 0 Å². The molecule has 1 aromatic rings. The molecule has 0 radical (unpaired) electrons. The van der Waals surface area contributed by atoms with Crippen LogP contribution in [-0.2, 0) is 52.2 Å². The Morgan fingerprint density at radius 1 is 0.714 bits per heavy atom. The van der Waals surface area contributed by atoms with Gasteiger partial charge in [0, 0.05) is 25.7 Å². The summed E-state index contributed by atoms with van der Waals surface area (Å²) in [7, 11) is 0. The summed E-state index contributed by atoms with van der Waals surface area (Å²) in [5.74, 6) is 0.858. The highest BCUT2D eigenvalue weighted by atomic mass is 16.6. The Kier molecular flexibility index (Phi) is 14.3. The average Bonchev–Trinajstić information content (AvgIpc) is 3.62. The molecule has 1 aromatic carbocycles. The number of aliphatic hydroxyl groups is 1. The molecule has 9 aliphatic heterocycles. The van der Waals surface area contributed by atoms with E-state index < -0.39 is 23.4 Å². The second-order valence-electron chi connectivity index (χ2n) is 23.6. The molecule has 0 aromatic heterocycles. The van der Waals surface area contributed by atoms with Crippen LogP contribution < -0.4 is 0 Å². The van der Waals surface area contributed by atoms with Crippen LogP contribution in [-0.4, -0.2) is 133 Å². The second kappa shape index (κ2) is 20.4. The van der Waals surface area contributed by atoms with Crippen LogP contribution in [0.15, 0.2) is 66.8 Å². The third-order valence-electron chi connectivity index (χ3n) is 18.2. The quantitative estimate of drug-likeness (QED) is 0.223. The first-order valence-electron chi connectivity index (χ1n) is 27.1. The van der Waals surface area contributed by atoms with Crippen LogP contribution in [0, 0.1) is 23.7 Å². The molecular formula is C57H78O13. The Hall–Kier alpha value is -2.98. The van der Waals surface area contributed by atoms with Crippen molar-refractivity contribution in [3.8, 4) is 0 Å². The van der Waals surface area contributed by atoms with Gasteiger partial charge in [-0.25, -0.2) is 4.79 Å². The van der Waals surface area contributed by atoms with Gasteiger partial charge in [-0.1, -0.05) is 62.9 Å². The number of fused-ring (bicyclic) bond motifs is 9. The maximum absolute atomic E-state index is 12.5. The Morgan fingerprint density at radius 2 is 1.49 bits per heavy atom. The van der Waals surface area contributed by atoms with Crippen LogP contribution in [0.2, 0.25) is 0 Å². The van der Waals surface area contributed by atoms with E-state index >= 15 is 0 Å². The van der Waals surface area contributed by atoms with Crippen molar-refractivity contribution < 1.29 is 62.1 Å². The molecule has 70 heavy (non-hydrogen) atoms. The number of esters is 2. The fourth-order valence-corrected chi connectivity index (χ4v) is 14.6. The summed E-state index contributed by atoms with van der Waals surface area (Å²) in [6, 6.07) is 8.93. The Labute approximate surface area is 414 Å². The molecule has 384 valence electrons. The van der Waals surface area contributed by atoms with Crippen LogP contribution in [0.1, 0.15) is 141 Å². The minimum atomic E-state index is -0.708. The first-order chi connectivity index (χ1) is 33.8. The van der Waals surface area contributed by atoms with Crippen molar-refractivity contribution in [1.82, 2.24) is 0 Å². The lowest BCUT2D eigenvalue weighted by atomic mass is 9.75. The first kappa shape index (κ1) is 49.2. The number of ether oxygens (including phenoxy) is 10. The lowest BCUT2D eigenvalue weighted by molar-refractivity contribution is -0.315. The molecule has 1 aliphatic carbocycles. The summed E-state index contributed by atoms with van der Waals surface area (Å²) in [6.45, 7) is 13.3. The molecule has 10 aliphatic rings. The summed E-state index contributed by atoms with van der Waals surface area (Å²) < 4.78 is 67.4. The molecule has 8 saturated heterocycles. The largest absolute Gasteiger partial charge is 0.459 e. The van der Waals surface area contributed by atoms with Crippen molar-refractivity contribution in [2.45, 2.75) is 239 Å². The molecular weight excluding hydrogens is 893 g/mol. The average molecular weight is 971 g/mol. The number of rotatable bonds is 5. The van der Waals surface area contributed by atoms with Gasteiger partial charge >= 0.3 is 11.9 Å². The summed E-state index contributed by atoms with van der Waals surface area (Å²) in [4.78, 5) is 24.9. The van der Waals surface area contributed by atoms with E-state index in [2.05, 4.69) is 58.6 Å². The molecule has 21 unspecified atom stereocenters. The Bertz CT molecular complexity index is 2090. The zero-order chi connectivity index (χ0) is 48.3. The van der Waals surface area contributed by atoms with Crippen molar-refractivity contribution in [3.63, 3.8) is 0 Å². The fourth-order valence-electron chi connectivity index (χ4n) is 14.6. The van der Waals surface area contributed by atoms with Crippen molar-refractivity contribution in [1.29, 1.82) is 0 Å². The van der Waals surface area contributed by atoms with Gasteiger partial charge in [0.25, 0.3) is 0 Å². The van der Waals surface area contributed by atoms with Gasteiger partial charge < -0.3 is 52.5 Å². The highest BCUT2D eigenvalue weighted by Gasteiger charge is 2.57. The fraction of sp³-hybridized carbons (Fsp3) is 0.754. The Morgan fingerprint density at radius 3 is 2.33 bits per heavy atom. The number of carbonyl (C=O) groups is 2. The smallest absolute Gasteiger partial charge is 0.338 e. The zero-order valence-electron chi connectivity index (χ0n) is 41.8. The standard InChI is InChI=1S/C57H78O13/c1-32-22-44-47(28-53(59)67-44)66-52-27-46-48(70-56(52,4)29-32)23-34(3)38-24-36-15-11-19-43-42(63-40(36)16-9-10-17-41(38)64-46)18-12-20-51-57(5,69-43)30-50-45(65-51)26-49-54(68-50)39(58)25-37(62-49)21-33(2)31-61-55(60)35-13-7-6-8-14-35/h6-11,13-14,19,32,34,36-52,54,58H,2,12,15-18,20-31H2,1,3-5H3/t32?,34?,36?,37-,38?,39?,40?,41?,42?,43?,44?,45?,46?,47?,48?,49?,50?,51?,52?,54?,56?,57?/m1/s1. The van der Waals surface area contributed by atoms with Gasteiger partial charge in [0.2, 0.25) is 0 Å². The molecule has 8 fully saturated rings. The van der Waals surface area contributed by atoms with Crippen LogP contribution in [0.4, 0.5) is 0 Å². The van der Waals surface area contributed by atoms with E-state index in [1.54, 1.807) is 24.3 Å². The summed E-state index contributed by atoms with van der Waals surface area (Å²) in [5, 5.41) is 11.5. The van der Waals surface area contributed by atoms with Gasteiger partial charge in [-0.15, -0.1) is 0 Å². The topological polar surface area (TPSA) is 147 Å². The van der Waals surface area contributed by atoms with E-state index in [1.807, 2.05) is 6.07 Å². The Balaban J connectivity index is 0.723. The minimum Gasteiger partial charge on any atom is -0.459 e. The zero-order valence-corrected chi connectivity index (χ0v) is 41.8. The van der Waals surface area contributed by atoms with Crippen molar-refractivity contribution in [2.75, 3.05) is 6.61 Å². The van der Waals surface area contributed by atoms with Crippen LogP contribution >= 0.6 is 0 Å². The lowest BCUT2D eigenvalue weighted by Crippen LogP contribution is -2.65. The van der Waals surface area contributed by atoms with Gasteiger partial charge in [-0.2, -0.15) is 0 Å². The van der Waals surface area contributed by atoms with Crippen molar-refractivity contribution in [2.24, 2.45) is 23.7 Å². The van der Waals surface area contributed by atoms with Gasteiger partial charge in [-0.05, 0) is 126 Å². The molecule has 9 heterocycles. The van der Waals surface area contributed by atoms with E-state index in [-0.39, 0.29) is 104 Å². The molecule has 1 N–H and O–H groups in total. The summed E-state index contributed by atoms with van der Waals surface area (Å²) in [6.07, 6.45) is 18.3. The van der Waals surface area contributed by atoms with Crippen molar-refractivity contribution in [3.05, 3.63) is 72.4 Å². The first-order valence-corrected chi connectivity index (χ1v) is 27.1. The van der Waals surface area contributed by atoms with Gasteiger partial charge in [0.05, 0.1) is 96.4 Å². The monoisotopic (exact) mass is 971 g/mol. The number of allylic oxidation sites excluding steroid dienone is 1. The van der Waals surface area contributed by atoms with E-state index in [0.29, 0.717) is 61.3 Å². The van der Waals surface area contributed by atoms with Crippen LogP contribution in [0.5, 0.6) is 0 Å². The van der Waals surface area contributed by atoms with E-state index in [4.69, 9.17) is 47.4 Å². The van der Waals surface area contributed by atoms with Gasteiger partial charge in [0.1, 0.15) is 31.0 Å². The molecule has 11 rings (SSSR count). The second-order valence-corrected chi connectivity index (χ2v) is 23.6. The molecule has 0 bridgehead atoms. The summed E-state index contributed by atoms with van der Waals surface area (Å²) in [5.41, 5.74) is 0.175. The molecule has 13 heteroatoms. The van der Waals surface area contributed by atoms with Crippen molar-refractivity contribution >= 4 is 11.9 Å². The number of benzene rings is 1. The number of hydrogen-bond donors (Lipinski definition) is 1. The molecule has 22 atom stereocenters. The minimum absolute atomic E-state index is 0.0132. The van der Waals surface area contributed by atoms with Crippen LogP contribution in [0.25, 0.3) is 0 Å². The van der Waals surface area contributed by atoms with Gasteiger partial charge in [-0.3, -0.25) is 4.79 Å². The number of hydrogen-bond acceptors (Lipinski definition) is 13. The third kappa shape index (κ3) is 10.3. The number of aliphatic hydroxyl groups excluding tert-OH is 1. The van der Waals surface area contributed by atoms with E-state index in [9.17, 15) is 14.7 Å². The number of carbonyl (C=O) groups excluding carboxylic acids is 2. The lowest BCUT2D eigenvalue weighted by Gasteiger charge is -2.55. The highest BCUT2D eigenvalue weighted by molar-refractivity contribution is 5.89. The summed E-state index contributed by atoms with van der Waals surface area (Å²) >= 11 is 0. The van der Waals surface area contributed by atoms with E-state index in [1.165, 1.54) is 0 Å². The molecule has 13 nitrogen and oxygen atoms in total. The predicted octanol–water partition coefficient (Wildman–Crippen LogP) is 8.48. The normalized spacial score (nSPS) is 48.0. The SMILES string of the molecule is C=C(COC(=O)c1ccccc1)C[C@@H]1CC(O)C2OC3CC4(C)OC5C=CCC6CC7C(C)CC8OC9(C)CC(C)CC%10OC(=O)CC%10OC9CC8OC7CC=CCC6OC5CCCC4OC3CC2O1. The highest BCUT2D eigenvalue weighted by Crippen LogP contribution is 2.50. The third-order valence-corrected chi connectivity index (χ3v) is 18.2. The maximum Gasteiger partial charge on any atom is 0.338 e. The molecule has 0 spiro atoms.